The molecule has 0 spiro atoms. The van der Waals surface area contributed by atoms with E-state index in [1.54, 1.807) is 24.3 Å². The Morgan fingerprint density at radius 1 is 1.26 bits per heavy atom. The highest BCUT2D eigenvalue weighted by Crippen LogP contribution is 2.51. The molecular formula is C29H28FN3O5. The number of nitrogens with zero attached hydrogens (tertiary/aromatic N) is 2. The highest BCUT2D eigenvalue weighted by molar-refractivity contribution is 6.01. The number of Topliss-reactive ketones (excluding diaryl/α,β-unsaturated/α-hetero) is 1. The molecule has 2 aliphatic rings. The zero-order chi connectivity index (χ0) is 26.7. The van der Waals surface area contributed by atoms with Crippen LogP contribution >= 0.6 is 0 Å². The number of methoxy groups -OCH3 is 1. The maximum absolute atomic E-state index is 13.7. The number of nitrogens with two attached hydrogens (primary N) is 1. The third kappa shape index (κ3) is 4.12. The van der Waals surface area contributed by atoms with Crippen LogP contribution in [0, 0.1) is 11.7 Å². The lowest BCUT2D eigenvalue weighted by Crippen LogP contribution is -2.35. The monoisotopic (exact) mass is 517 g/mol. The lowest BCUT2D eigenvalue weighted by molar-refractivity contribution is -0.00116. The molecule has 2 aromatic heterocycles. The summed E-state index contributed by atoms with van der Waals surface area (Å²) < 4.78 is 30.0. The van der Waals surface area contributed by atoms with Gasteiger partial charge in [-0.25, -0.2) is 9.37 Å². The first-order valence-electron chi connectivity index (χ1n) is 12.6. The van der Waals surface area contributed by atoms with Crippen LogP contribution < -0.4 is 15.2 Å². The van der Waals surface area contributed by atoms with E-state index in [9.17, 15) is 14.3 Å². The molecule has 1 aliphatic heterocycles. The zero-order valence-electron chi connectivity index (χ0n) is 21.2. The summed E-state index contributed by atoms with van der Waals surface area (Å²) >= 11 is 0. The number of aromatic nitrogens is 2. The largest absolute Gasteiger partial charge is 0.494 e. The third-order valence-corrected chi connectivity index (χ3v) is 7.62. The van der Waals surface area contributed by atoms with Crippen molar-refractivity contribution in [3.05, 3.63) is 71.4 Å². The number of carbonyl (C=O) groups is 1. The highest BCUT2D eigenvalue weighted by Gasteiger charge is 2.48. The molecule has 3 heterocycles. The average Bonchev–Trinajstić information content (AvgIpc) is 3.59. The summed E-state index contributed by atoms with van der Waals surface area (Å²) in [5.74, 6) is 0.443. The van der Waals surface area contributed by atoms with Crippen molar-refractivity contribution in [2.75, 3.05) is 13.7 Å². The SMILES string of the molecule is COc1cc(C(=O)CC[C@](O)(c2cc3c(c(-c4ccc(F)cc4)n2)OC[C@]3(C)N)C2CC2)cc2conc12. The number of fused-ring (bicyclic) bond motifs is 2. The van der Waals surface area contributed by atoms with Crippen LogP contribution in [0.3, 0.4) is 0 Å². The van der Waals surface area contributed by atoms with Gasteiger partial charge in [0.2, 0.25) is 0 Å². The van der Waals surface area contributed by atoms with Crippen LogP contribution in [0.15, 0.2) is 53.3 Å². The molecule has 196 valence electrons. The lowest BCUT2D eigenvalue weighted by Gasteiger charge is -2.29. The normalized spacial score (nSPS) is 20.1. The number of ketones is 1. The molecule has 1 saturated carbocycles. The van der Waals surface area contributed by atoms with E-state index < -0.39 is 11.1 Å². The average molecular weight is 518 g/mol. The summed E-state index contributed by atoms with van der Waals surface area (Å²) in [6.45, 7) is 2.13. The van der Waals surface area contributed by atoms with E-state index in [2.05, 4.69) is 5.16 Å². The molecule has 38 heavy (non-hydrogen) atoms. The fourth-order valence-electron chi connectivity index (χ4n) is 5.25. The Morgan fingerprint density at radius 2 is 2.03 bits per heavy atom. The van der Waals surface area contributed by atoms with Crippen molar-refractivity contribution < 1.29 is 28.3 Å². The van der Waals surface area contributed by atoms with Gasteiger partial charge in [-0.05, 0) is 74.6 Å². The molecular weight excluding hydrogens is 489 g/mol. The van der Waals surface area contributed by atoms with Gasteiger partial charge in [0, 0.05) is 28.5 Å². The summed E-state index contributed by atoms with van der Waals surface area (Å²) in [5.41, 5.74) is 7.75. The summed E-state index contributed by atoms with van der Waals surface area (Å²) in [6.07, 6.45) is 3.39. The second kappa shape index (κ2) is 8.89. The molecule has 2 atom stereocenters. The highest BCUT2D eigenvalue weighted by atomic mass is 19.1. The van der Waals surface area contributed by atoms with E-state index in [1.807, 2.05) is 13.0 Å². The van der Waals surface area contributed by atoms with Gasteiger partial charge >= 0.3 is 0 Å². The standard InChI is InChI=1S/C29H28FN3O5/c1-28(31)15-37-27-21(28)13-24(32-26(27)16-3-7-20(30)8-4-16)29(35,19-5-6-19)10-9-22(34)17-11-18-14-38-33-25(18)23(12-17)36-2/h3-4,7-8,11-14,19,35H,5-6,9-10,15,31H2,1-2H3/t28-,29+/m0/s1. The molecule has 3 N–H and O–H groups in total. The van der Waals surface area contributed by atoms with Gasteiger partial charge in [0.05, 0.1) is 18.3 Å². The topological polar surface area (TPSA) is 121 Å². The van der Waals surface area contributed by atoms with Gasteiger partial charge in [-0.1, -0.05) is 5.16 Å². The maximum atomic E-state index is 13.7. The number of aliphatic hydroxyl groups is 1. The number of rotatable bonds is 8. The van der Waals surface area contributed by atoms with Crippen molar-refractivity contribution in [2.45, 2.75) is 43.7 Å². The van der Waals surface area contributed by atoms with Crippen molar-refractivity contribution in [3.8, 4) is 22.8 Å². The Labute approximate surface area is 218 Å². The molecule has 0 saturated heterocycles. The van der Waals surface area contributed by atoms with Crippen LogP contribution in [0.2, 0.25) is 0 Å². The number of benzene rings is 2. The van der Waals surface area contributed by atoms with Gasteiger partial charge in [0.25, 0.3) is 0 Å². The Kier molecular flexibility index (Phi) is 5.73. The van der Waals surface area contributed by atoms with E-state index in [0.29, 0.717) is 44.9 Å². The second-order valence-corrected chi connectivity index (χ2v) is 10.5. The van der Waals surface area contributed by atoms with Crippen LogP contribution in [-0.4, -0.2) is 34.7 Å². The van der Waals surface area contributed by atoms with Gasteiger partial charge in [-0.15, -0.1) is 0 Å². The van der Waals surface area contributed by atoms with Crippen molar-refractivity contribution in [1.82, 2.24) is 10.1 Å². The first-order chi connectivity index (χ1) is 18.2. The molecule has 9 heteroatoms. The predicted octanol–water partition coefficient (Wildman–Crippen LogP) is 4.86. The van der Waals surface area contributed by atoms with Crippen LogP contribution in [0.4, 0.5) is 4.39 Å². The molecule has 1 fully saturated rings. The molecule has 0 bridgehead atoms. The molecule has 1 aliphatic carbocycles. The van der Waals surface area contributed by atoms with Gasteiger partial charge in [0.15, 0.2) is 17.0 Å². The van der Waals surface area contributed by atoms with Crippen molar-refractivity contribution in [3.63, 3.8) is 0 Å². The minimum absolute atomic E-state index is 0.0386. The first-order valence-corrected chi connectivity index (χ1v) is 12.6. The molecule has 6 rings (SSSR count). The van der Waals surface area contributed by atoms with E-state index in [0.717, 1.165) is 18.4 Å². The number of ether oxygens (including phenoxy) is 2. The van der Waals surface area contributed by atoms with Gasteiger partial charge in [0.1, 0.15) is 35.7 Å². The van der Waals surface area contributed by atoms with Crippen LogP contribution in [0.25, 0.3) is 22.2 Å². The molecule has 4 aromatic rings. The van der Waals surface area contributed by atoms with Crippen molar-refractivity contribution in [1.29, 1.82) is 0 Å². The minimum atomic E-state index is -1.34. The van der Waals surface area contributed by atoms with E-state index in [1.165, 1.54) is 25.5 Å². The zero-order valence-corrected chi connectivity index (χ0v) is 21.2. The minimum Gasteiger partial charge on any atom is -0.494 e. The Hall–Kier alpha value is -3.82. The van der Waals surface area contributed by atoms with Crippen LogP contribution in [0.5, 0.6) is 11.5 Å². The summed E-state index contributed by atoms with van der Waals surface area (Å²) in [6, 6.07) is 11.1. The Balaban J connectivity index is 1.37. The van der Waals surface area contributed by atoms with Gasteiger partial charge in [-0.3, -0.25) is 4.79 Å². The van der Waals surface area contributed by atoms with Crippen LogP contribution in [-0.2, 0) is 11.1 Å². The quantitative estimate of drug-likeness (QED) is 0.318. The number of halogens is 1. The van der Waals surface area contributed by atoms with E-state index in [4.69, 9.17) is 24.7 Å². The van der Waals surface area contributed by atoms with Crippen LogP contribution in [0.1, 0.15) is 54.2 Å². The smallest absolute Gasteiger partial charge is 0.163 e. The van der Waals surface area contributed by atoms with Gasteiger partial charge in [-0.2, -0.15) is 0 Å². The predicted molar refractivity (Wildman–Crippen MR) is 137 cm³/mol. The molecule has 0 radical (unpaired) electrons. The summed E-state index contributed by atoms with van der Waals surface area (Å²) in [4.78, 5) is 18.1. The lowest BCUT2D eigenvalue weighted by atomic mass is 9.83. The van der Waals surface area contributed by atoms with Crippen molar-refractivity contribution >= 4 is 16.7 Å². The number of pyridine rings is 1. The second-order valence-electron chi connectivity index (χ2n) is 10.5. The Morgan fingerprint density at radius 3 is 2.74 bits per heavy atom. The number of hydrogen-bond donors (Lipinski definition) is 2. The number of hydrogen-bond acceptors (Lipinski definition) is 8. The van der Waals surface area contributed by atoms with Crippen molar-refractivity contribution in [2.24, 2.45) is 11.7 Å². The fourth-order valence-corrected chi connectivity index (χ4v) is 5.25. The third-order valence-electron chi connectivity index (χ3n) is 7.62. The van der Waals surface area contributed by atoms with E-state index in [-0.39, 0.29) is 37.0 Å². The molecule has 0 unspecified atom stereocenters. The van der Waals surface area contributed by atoms with E-state index >= 15 is 0 Å². The molecule has 0 amide bonds. The molecule has 2 aromatic carbocycles. The molecule has 8 nitrogen and oxygen atoms in total. The van der Waals surface area contributed by atoms with Gasteiger partial charge < -0.3 is 24.8 Å². The Bertz CT molecular complexity index is 1540. The fraction of sp³-hybridized carbons (Fsp3) is 0.345. The first kappa shape index (κ1) is 24.5. The summed E-state index contributed by atoms with van der Waals surface area (Å²) in [7, 11) is 1.51. The summed E-state index contributed by atoms with van der Waals surface area (Å²) in [5, 5.41) is 16.7. The maximum Gasteiger partial charge on any atom is 0.163 e. The number of carbonyl (C=O) groups excluding carboxylic acids is 1.